The summed E-state index contributed by atoms with van der Waals surface area (Å²) in [7, 11) is 6.06. The van der Waals surface area contributed by atoms with Gasteiger partial charge >= 0.3 is 0 Å². The number of hydrogen-bond acceptors (Lipinski definition) is 7. The van der Waals surface area contributed by atoms with Crippen LogP contribution < -0.4 is 15.5 Å². The van der Waals surface area contributed by atoms with Crippen molar-refractivity contribution in [3.05, 3.63) is 60.4 Å². The van der Waals surface area contributed by atoms with Gasteiger partial charge in [-0.1, -0.05) is 18.2 Å². The van der Waals surface area contributed by atoms with Crippen LogP contribution in [0.15, 0.2) is 54.7 Å². The first-order valence-electron chi connectivity index (χ1n) is 13.2. The lowest BCUT2D eigenvalue weighted by Crippen LogP contribution is -2.37. The molecule has 5 aromatic rings. The minimum absolute atomic E-state index is 0.678. The van der Waals surface area contributed by atoms with Gasteiger partial charge in [0.25, 0.3) is 0 Å². The molecule has 6 rings (SSSR count). The molecule has 0 spiro atoms. The monoisotopic (exact) mass is 510 g/mol. The minimum Gasteiger partial charge on any atom is -0.378 e. The van der Waals surface area contributed by atoms with Crippen molar-refractivity contribution in [2.75, 3.05) is 50.1 Å². The van der Waals surface area contributed by atoms with Crippen molar-refractivity contribution in [2.24, 2.45) is 14.1 Å². The van der Waals surface area contributed by atoms with Crippen molar-refractivity contribution in [3.63, 3.8) is 0 Å². The number of morpholine rings is 1. The summed E-state index contributed by atoms with van der Waals surface area (Å²) in [5.41, 5.74) is 6.33. The van der Waals surface area contributed by atoms with Crippen LogP contribution in [0, 0.1) is 0 Å². The van der Waals surface area contributed by atoms with Crippen LogP contribution in [0.5, 0.6) is 0 Å². The smallest absolute Gasteiger partial charge is 0.228 e. The van der Waals surface area contributed by atoms with E-state index in [1.807, 2.05) is 24.8 Å². The first-order chi connectivity index (χ1) is 18.6. The predicted octanol–water partition coefficient (Wildman–Crippen LogP) is 4.25. The molecule has 0 saturated carbocycles. The highest BCUT2D eigenvalue weighted by molar-refractivity contribution is 5.87. The van der Waals surface area contributed by atoms with E-state index in [4.69, 9.17) is 19.8 Å². The fourth-order valence-electron chi connectivity index (χ4n) is 5.15. The molecule has 4 heterocycles. The molecule has 1 saturated heterocycles. The van der Waals surface area contributed by atoms with Gasteiger partial charge in [-0.05, 0) is 56.1 Å². The second kappa shape index (κ2) is 10.4. The van der Waals surface area contributed by atoms with Gasteiger partial charge in [0.1, 0.15) is 5.82 Å². The molecular formula is C29H34N8O. The van der Waals surface area contributed by atoms with Gasteiger partial charge in [-0.25, -0.2) is 4.98 Å². The van der Waals surface area contributed by atoms with Crippen molar-refractivity contribution in [2.45, 2.75) is 12.8 Å². The average molecular weight is 511 g/mol. The Bertz CT molecular complexity index is 1580. The SMILES string of the molecule is CNCCCc1nn(C)c2cc(-c3cc(Nc4ccc5ccn(C)c5c4)nc(N4CCOCC4)n3)ccc12. The van der Waals surface area contributed by atoms with Gasteiger partial charge in [-0.2, -0.15) is 10.1 Å². The fourth-order valence-corrected chi connectivity index (χ4v) is 5.15. The normalized spacial score (nSPS) is 14.0. The third-order valence-corrected chi connectivity index (χ3v) is 7.23. The summed E-state index contributed by atoms with van der Waals surface area (Å²) < 4.78 is 9.68. The Labute approximate surface area is 222 Å². The van der Waals surface area contributed by atoms with Crippen LogP contribution in [0.1, 0.15) is 12.1 Å². The zero-order valence-electron chi connectivity index (χ0n) is 22.2. The van der Waals surface area contributed by atoms with Crippen LogP contribution in [0.25, 0.3) is 33.1 Å². The maximum Gasteiger partial charge on any atom is 0.228 e. The van der Waals surface area contributed by atoms with Gasteiger partial charge < -0.3 is 24.8 Å². The van der Waals surface area contributed by atoms with E-state index in [2.05, 4.69) is 75.8 Å². The van der Waals surface area contributed by atoms with Crippen LogP contribution in [-0.2, 0) is 25.3 Å². The summed E-state index contributed by atoms with van der Waals surface area (Å²) >= 11 is 0. The molecule has 2 N–H and O–H groups in total. The van der Waals surface area contributed by atoms with E-state index in [-0.39, 0.29) is 0 Å². The maximum atomic E-state index is 5.58. The Balaban J connectivity index is 1.38. The van der Waals surface area contributed by atoms with E-state index in [0.717, 1.165) is 66.4 Å². The van der Waals surface area contributed by atoms with Crippen molar-refractivity contribution >= 4 is 39.3 Å². The lowest BCUT2D eigenvalue weighted by atomic mass is 10.1. The third-order valence-electron chi connectivity index (χ3n) is 7.23. The highest BCUT2D eigenvalue weighted by Crippen LogP contribution is 2.30. The van der Waals surface area contributed by atoms with E-state index in [1.54, 1.807) is 0 Å². The molecule has 38 heavy (non-hydrogen) atoms. The second-order valence-electron chi connectivity index (χ2n) is 9.87. The fraction of sp³-hybridized carbons (Fsp3) is 0.345. The number of aromatic nitrogens is 5. The molecule has 9 heteroatoms. The first-order valence-corrected chi connectivity index (χ1v) is 13.2. The number of rotatable bonds is 8. The maximum absolute atomic E-state index is 5.58. The highest BCUT2D eigenvalue weighted by atomic mass is 16.5. The van der Waals surface area contributed by atoms with Gasteiger partial charge in [0.05, 0.1) is 30.1 Å². The van der Waals surface area contributed by atoms with Crippen LogP contribution in [0.4, 0.5) is 17.5 Å². The molecule has 1 aliphatic rings. The van der Waals surface area contributed by atoms with Crippen molar-refractivity contribution in [1.29, 1.82) is 0 Å². The summed E-state index contributed by atoms with van der Waals surface area (Å²) in [6, 6.07) is 17.1. The average Bonchev–Trinajstić information content (AvgIpc) is 3.47. The predicted molar refractivity (Wildman–Crippen MR) is 153 cm³/mol. The van der Waals surface area contributed by atoms with Crippen molar-refractivity contribution < 1.29 is 4.74 Å². The quantitative estimate of drug-likeness (QED) is 0.302. The van der Waals surface area contributed by atoms with E-state index in [9.17, 15) is 0 Å². The Morgan fingerprint density at radius 2 is 1.82 bits per heavy atom. The summed E-state index contributed by atoms with van der Waals surface area (Å²) in [4.78, 5) is 12.1. The zero-order chi connectivity index (χ0) is 26.1. The van der Waals surface area contributed by atoms with E-state index in [1.165, 1.54) is 16.3 Å². The largest absolute Gasteiger partial charge is 0.378 e. The summed E-state index contributed by atoms with van der Waals surface area (Å²) in [6.07, 6.45) is 4.09. The number of anilines is 3. The van der Waals surface area contributed by atoms with Gasteiger partial charge in [0, 0.05) is 61.6 Å². The van der Waals surface area contributed by atoms with E-state index in [0.29, 0.717) is 19.2 Å². The Morgan fingerprint density at radius 1 is 0.947 bits per heavy atom. The molecule has 0 amide bonds. The molecule has 0 atom stereocenters. The number of benzene rings is 2. The number of hydrogen-bond donors (Lipinski definition) is 2. The summed E-state index contributed by atoms with van der Waals surface area (Å²) in [6.45, 7) is 3.88. The lowest BCUT2D eigenvalue weighted by molar-refractivity contribution is 0.122. The number of nitrogens with zero attached hydrogens (tertiary/aromatic N) is 6. The number of nitrogens with one attached hydrogen (secondary N) is 2. The van der Waals surface area contributed by atoms with Gasteiger partial charge in [-0.15, -0.1) is 0 Å². The van der Waals surface area contributed by atoms with Crippen LogP contribution in [-0.4, -0.2) is 64.2 Å². The van der Waals surface area contributed by atoms with Crippen LogP contribution >= 0.6 is 0 Å². The van der Waals surface area contributed by atoms with Crippen molar-refractivity contribution in [3.8, 4) is 11.3 Å². The Morgan fingerprint density at radius 3 is 2.66 bits per heavy atom. The van der Waals surface area contributed by atoms with Crippen LogP contribution in [0.2, 0.25) is 0 Å². The molecule has 0 bridgehead atoms. The molecule has 2 aromatic carbocycles. The number of ether oxygens (including phenoxy) is 1. The molecule has 196 valence electrons. The van der Waals surface area contributed by atoms with Crippen molar-refractivity contribution in [1.82, 2.24) is 29.6 Å². The van der Waals surface area contributed by atoms with Crippen LogP contribution in [0.3, 0.4) is 0 Å². The van der Waals surface area contributed by atoms with Gasteiger partial charge in [0.15, 0.2) is 0 Å². The standard InChI is InChI=1S/C29H34N8O/c1-30-11-4-5-24-23-9-7-21(17-27(23)36(3)34-24)25-19-28(33-29(32-25)37-13-15-38-16-14-37)31-22-8-6-20-10-12-35(2)26(20)18-22/h6-10,12,17-19,30H,4-5,11,13-16H2,1-3H3,(H,31,32,33). The Kier molecular flexibility index (Phi) is 6.70. The van der Waals surface area contributed by atoms with E-state index < -0.39 is 0 Å². The van der Waals surface area contributed by atoms with Gasteiger partial charge in [-0.3, -0.25) is 4.68 Å². The molecule has 0 aliphatic carbocycles. The van der Waals surface area contributed by atoms with E-state index >= 15 is 0 Å². The molecule has 0 radical (unpaired) electrons. The first kappa shape index (κ1) is 24.4. The number of aryl methyl sites for hydroxylation is 3. The summed E-state index contributed by atoms with van der Waals surface area (Å²) in [5.74, 6) is 1.48. The summed E-state index contributed by atoms with van der Waals surface area (Å²) in [5, 5.41) is 14.0. The Hall–Kier alpha value is -3.95. The zero-order valence-corrected chi connectivity index (χ0v) is 22.2. The molecule has 3 aromatic heterocycles. The lowest BCUT2D eigenvalue weighted by Gasteiger charge is -2.27. The molecule has 1 aliphatic heterocycles. The molecule has 0 unspecified atom stereocenters. The third kappa shape index (κ3) is 4.82. The highest BCUT2D eigenvalue weighted by Gasteiger charge is 2.18. The molecule has 9 nitrogen and oxygen atoms in total. The van der Waals surface area contributed by atoms with Gasteiger partial charge in [0.2, 0.25) is 5.95 Å². The molecular weight excluding hydrogens is 476 g/mol. The topological polar surface area (TPSA) is 85.1 Å². The molecule has 1 fully saturated rings. The second-order valence-corrected chi connectivity index (χ2v) is 9.87. The minimum atomic E-state index is 0.678. The number of fused-ring (bicyclic) bond motifs is 2.